The molecule has 0 spiro atoms. The summed E-state index contributed by atoms with van der Waals surface area (Å²) in [7, 11) is 0. The van der Waals surface area contributed by atoms with Gasteiger partial charge in [-0.2, -0.15) is 0 Å². The molecule has 0 bridgehead atoms. The largest absolute Gasteiger partial charge is 0.494 e. The number of nitrogens with two attached hydrogens (primary N) is 1. The fourth-order valence-electron chi connectivity index (χ4n) is 1.92. The molecule has 1 unspecified atom stereocenters. The number of hydrogen-bond acceptors (Lipinski definition) is 4. The van der Waals surface area contributed by atoms with E-state index in [1.54, 1.807) is 6.20 Å². The molecule has 6 heteroatoms. The molecule has 0 saturated heterocycles. The summed E-state index contributed by atoms with van der Waals surface area (Å²) in [6, 6.07) is 9.55. The molecule has 2 rings (SSSR count). The number of nitrogens with zero attached hydrogens (tertiary/aromatic N) is 1. The average Bonchev–Trinajstić information content (AvgIpc) is 2.43. The first-order valence-electron chi connectivity index (χ1n) is 6.15. The Labute approximate surface area is 135 Å². The second-order valence-corrected chi connectivity index (χ2v) is 5.90. The smallest absolute Gasteiger partial charge is 0.119 e. The predicted molar refractivity (Wildman–Crippen MR) is 86.4 cm³/mol. The maximum atomic E-state index is 5.70. The molecule has 0 aliphatic carbocycles. The molecule has 0 fully saturated rings. The van der Waals surface area contributed by atoms with Gasteiger partial charge in [0.05, 0.1) is 18.3 Å². The van der Waals surface area contributed by atoms with Crippen LogP contribution < -0.4 is 16.0 Å². The molecule has 20 heavy (non-hydrogen) atoms. The highest BCUT2D eigenvalue weighted by atomic mass is 79.9. The number of benzene rings is 1. The zero-order valence-corrected chi connectivity index (χ0v) is 14.1. The Morgan fingerprint density at radius 1 is 1.35 bits per heavy atom. The van der Waals surface area contributed by atoms with Gasteiger partial charge in [0.1, 0.15) is 5.75 Å². The van der Waals surface area contributed by atoms with Crippen LogP contribution in [0.3, 0.4) is 0 Å². The van der Waals surface area contributed by atoms with Gasteiger partial charge in [0.15, 0.2) is 0 Å². The Morgan fingerprint density at radius 3 is 2.80 bits per heavy atom. The number of aromatic nitrogens is 1. The van der Waals surface area contributed by atoms with Gasteiger partial charge in [-0.1, -0.05) is 12.1 Å². The van der Waals surface area contributed by atoms with Crippen LogP contribution in [0.2, 0.25) is 0 Å². The van der Waals surface area contributed by atoms with Crippen LogP contribution >= 0.6 is 31.9 Å². The molecule has 2 aromatic rings. The molecule has 0 aliphatic heterocycles. The monoisotopic (exact) mass is 399 g/mol. The lowest BCUT2D eigenvalue weighted by molar-refractivity contribution is 0.339. The van der Waals surface area contributed by atoms with E-state index in [1.165, 1.54) is 0 Å². The van der Waals surface area contributed by atoms with Gasteiger partial charge in [-0.15, -0.1) is 0 Å². The Morgan fingerprint density at radius 2 is 2.15 bits per heavy atom. The lowest BCUT2D eigenvalue weighted by Gasteiger charge is -2.18. The lowest BCUT2D eigenvalue weighted by atomic mass is 10.0. The number of ether oxygens (including phenoxy) is 1. The average molecular weight is 401 g/mol. The molecule has 1 heterocycles. The van der Waals surface area contributed by atoms with Crippen molar-refractivity contribution in [2.45, 2.75) is 13.0 Å². The summed E-state index contributed by atoms with van der Waals surface area (Å²) in [6.07, 6.45) is 1.75. The van der Waals surface area contributed by atoms with Gasteiger partial charge in [0.25, 0.3) is 0 Å². The van der Waals surface area contributed by atoms with Gasteiger partial charge >= 0.3 is 0 Å². The van der Waals surface area contributed by atoms with Crippen molar-refractivity contribution < 1.29 is 4.74 Å². The highest BCUT2D eigenvalue weighted by Crippen LogP contribution is 2.29. The van der Waals surface area contributed by atoms with Crippen LogP contribution in [0, 0.1) is 0 Å². The van der Waals surface area contributed by atoms with Crippen LogP contribution in [0.5, 0.6) is 5.75 Å². The minimum Gasteiger partial charge on any atom is -0.494 e. The first-order valence-corrected chi connectivity index (χ1v) is 7.74. The minimum absolute atomic E-state index is 0.210. The maximum Gasteiger partial charge on any atom is 0.119 e. The quantitative estimate of drug-likeness (QED) is 0.595. The SMILES string of the molecule is CCOc1cccc(C(NN)c2ncc(Br)cc2Br)c1. The number of rotatable bonds is 5. The van der Waals surface area contributed by atoms with Crippen LogP contribution in [0.4, 0.5) is 0 Å². The summed E-state index contributed by atoms with van der Waals surface area (Å²) >= 11 is 6.91. The molecule has 3 N–H and O–H groups in total. The topological polar surface area (TPSA) is 60.2 Å². The molecule has 1 atom stereocenters. The number of nitrogens with one attached hydrogen (secondary N) is 1. The summed E-state index contributed by atoms with van der Waals surface area (Å²) in [5, 5.41) is 0. The van der Waals surface area contributed by atoms with Gasteiger partial charge in [-0.05, 0) is 62.5 Å². The first kappa shape index (κ1) is 15.4. The Kier molecular flexibility index (Phi) is 5.54. The third kappa shape index (κ3) is 3.58. The van der Waals surface area contributed by atoms with Crippen molar-refractivity contribution in [2.75, 3.05) is 6.61 Å². The molecule has 106 valence electrons. The normalized spacial score (nSPS) is 12.2. The molecule has 1 aromatic carbocycles. The molecular formula is C14H15Br2N3O. The lowest BCUT2D eigenvalue weighted by Crippen LogP contribution is -2.29. The van der Waals surface area contributed by atoms with Gasteiger partial charge in [0, 0.05) is 15.1 Å². The van der Waals surface area contributed by atoms with Crippen molar-refractivity contribution in [1.29, 1.82) is 0 Å². The second-order valence-electron chi connectivity index (χ2n) is 4.13. The van der Waals surface area contributed by atoms with Crippen LogP contribution in [-0.2, 0) is 0 Å². The minimum atomic E-state index is -0.210. The summed E-state index contributed by atoms with van der Waals surface area (Å²) in [6.45, 7) is 2.59. The van der Waals surface area contributed by atoms with E-state index in [0.717, 1.165) is 26.0 Å². The zero-order chi connectivity index (χ0) is 14.5. The predicted octanol–water partition coefficient (Wildman–Crippen LogP) is 3.56. The highest BCUT2D eigenvalue weighted by molar-refractivity contribution is 9.11. The first-order chi connectivity index (χ1) is 9.65. The van der Waals surface area contributed by atoms with Gasteiger partial charge in [-0.3, -0.25) is 10.8 Å². The molecular weight excluding hydrogens is 386 g/mol. The van der Waals surface area contributed by atoms with E-state index in [9.17, 15) is 0 Å². The Balaban J connectivity index is 2.38. The van der Waals surface area contributed by atoms with Crippen molar-refractivity contribution in [3.63, 3.8) is 0 Å². The van der Waals surface area contributed by atoms with E-state index in [1.807, 2.05) is 37.3 Å². The van der Waals surface area contributed by atoms with Crippen molar-refractivity contribution in [3.05, 3.63) is 56.7 Å². The van der Waals surface area contributed by atoms with E-state index in [4.69, 9.17) is 10.6 Å². The van der Waals surface area contributed by atoms with Gasteiger partial charge in [-0.25, -0.2) is 5.43 Å². The zero-order valence-electron chi connectivity index (χ0n) is 10.9. The summed E-state index contributed by atoms with van der Waals surface area (Å²) in [4.78, 5) is 4.42. The van der Waals surface area contributed by atoms with E-state index < -0.39 is 0 Å². The molecule has 0 saturated carbocycles. The highest BCUT2D eigenvalue weighted by Gasteiger charge is 2.17. The van der Waals surface area contributed by atoms with Gasteiger partial charge < -0.3 is 4.74 Å². The number of hydrogen-bond donors (Lipinski definition) is 2. The fourth-order valence-corrected chi connectivity index (χ4v) is 3.14. The van der Waals surface area contributed by atoms with Crippen LogP contribution in [0.25, 0.3) is 0 Å². The third-order valence-corrected chi connectivity index (χ3v) is 3.85. The van der Waals surface area contributed by atoms with Crippen LogP contribution in [-0.4, -0.2) is 11.6 Å². The van der Waals surface area contributed by atoms with Crippen molar-refractivity contribution in [3.8, 4) is 5.75 Å². The summed E-state index contributed by atoms with van der Waals surface area (Å²) in [5.74, 6) is 6.52. The molecule has 4 nitrogen and oxygen atoms in total. The van der Waals surface area contributed by atoms with Gasteiger partial charge in [0.2, 0.25) is 0 Å². The molecule has 0 amide bonds. The Bertz CT molecular complexity index is 592. The van der Waals surface area contributed by atoms with Crippen LogP contribution in [0.1, 0.15) is 24.2 Å². The molecule has 0 aliphatic rings. The summed E-state index contributed by atoms with van der Waals surface area (Å²) < 4.78 is 7.31. The van der Waals surface area contributed by atoms with Crippen molar-refractivity contribution in [2.24, 2.45) is 5.84 Å². The van der Waals surface area contributed by atoms with E-state index in [-0.39, 0.29) is 6.04 Å². The van der Waals surface area contributed by atoms with E-state index in [2.05, 4.69) is 42.3 Å². The molecule has 1 aromatic heterocycles. The number of pyridine rings is 1. The summed E-state index contributed by atoms with van der Waals surface area (Å²) in [5.41, 5.74) is 4.62. The second kappa shape index (κ2) is 7.17. The van der Waals surface area contributed by atoms with E-state index >= 15 is 0 Å². The third-order valence-electron chi connectivity index (χ3n) is 2.78. The van der Waals surface area contributed by atoms with E-state index in [0.29, 0.717) is 6.61 Å². The maximum absolute atomic E-state index is 5.70. The van der Waals surface area contributed by atoms with Crippen molar-refractivity contribution >= 4 is 31.9 Å². The number of hydrazine groups is 1. The van der Waals surface area contributed by atoms with Crippen molar-refractivity contribution in [1.82, 2.24) is 10.4 Å². The Hall–Kier alpha value is -0.950. The standard InChI is InChI=1S/C14H15Br2N3O/c1-2-20-11-5-3-4-9(6-11)13(19-17)14-12(16)7-10(15)8-18-14/h3-8,13,19H,2,17H2,1H3. The van der Waals surface area contributed by atoms with Crippen LogP contribution in [0.15, 0.2) is 45.5 Å². The number of halogens is 2. The fraction of sp³-hybridized carbons (Fsp3) is 0.214. The molecule has 0 radical (unpaired) electrons.